The number of aryl methyl sites for hydroxylation is 1. The molecule has 2 aromatic rings. The molecule has 0 aliphatic heterocycles. The smallest absolute Gasteiger partial charge is 0.315 e. The maximum absolute atomic E-state index is 12.8. The molecular formula is C18H21FN2O3. The maximum atomic E-state index is 12.8. The van der Waals surface area contributed by atoms with Gasteiger partial charge >= 0.3 is 6.03 Å². The molecule has 0 fully saturated rings. The molecule has 0 atom stereocenters. The molecule has 24 heavy (non-hydrogen) atoms. The molecule has 0 unspecified atom stereocenters. The van der Waals surface area contributed by atoms with Gasteiger partial charge in [0.25, 0.3) is 0 Å². The average molecular weight is 332 g/mol. The summed E-state index contributed by atoms with van der Waals surface area (Å²) in [6, 6.07) is 11.3. The Bertz CT molecular complexity index is 674. The molecule has 0 spiro atoms. The molecule has 0 bridgehead atoms. The highest BCUT2D eigenvalue weighted by atomic mass is 19.1. The van der Waals surface area contributed by atoms with Crippen LogP contribution in [0.25, 0.3) is 0 Å². The number of halogens is 1. The first kappa shape index (κ1) is 17.6. The van der Waals surface area contributed by atoms with Crippen LogP contribution in [-0.2, 0) is 6.54 Å². The van der Waals surface area contributed by atoms with E-state index in [1.807, 2.05) is 25.1 Å². The SMILES string of the molecule is COc1cc(C)ccc1OCCNC(=O)NCc1ccc(F)cc1. The molecule has 0 saturated carbocycles. The molecule has 0 radical (unpaired) electrons. The Kier molecular flexibility index (Phi) is 6.42. The van der Waals surface area contributed by atoms with Crippen LogP contribution < -0.4 is 20.1 Å². The van der Waals surface area contributed by atoms with Crippen LogP contribution in [-0.4, -0.2) is 26.3 Å². The van der Waals surface area contributed by atoms with Crippen LogP contribution in [0.15, 0.2) is 42.5 Å². The van der Waals surface area contributed by atoms with E-state index in [0.29, 0.717) is 31.2 Å². The Hall–Kier alpha value is -2.76. The fourth-order valence-corrected chi connectivity index (χ4v) is 2.07. The van der Waals surface area contributed by atoms with Gasteiger partial charge < -0.3 is 20.1 Å². The van der Waals surface area contributed by atoms with E-state index in [1.54, 1.807) is 19.2 Å². The van der Waals surface area contributed by atoms with Crippen molar-refractivity contribution in [2.75, 3.05) is 20.3 Å². The number of carbonyl (C=O) groups excluding carboxylic acids is 1. The number of amides is 2. The molecule has 0 aliphatic carbocycles. The number of ether oxygens (including phenoxy) is 2. The first-order valence-corrected chi connectivity index (χ1v) is 7.62. The first-order chi connectivity index (χ1) is 11.6. The molecule has 0 saturated heterocycles. The van der Waals surface area contributed by atoms with Gasteiger partial charge in [0.05, 0.1) is 13.7 Å². The molecule has 0 aromatic heterocycles. The van der Waals surface area contributed by atoms with Crippen LogP contribution in [0, 0.1) is 12.7 Å². The van der Waals surface area contributed by atoms with Gasteiger partial charge in [0.15, 0.2) is 11.5 Å². The molecule has 2 amide bonds. The lowest BCUT2D eigenvalue weighted by Crippen LogP contribution is -2.37. The molecule has 2 rings (SSSR count). The minimum Gasteiger partial charge on any atom is -0.493 e. The zero-order chi connectivity index (χ0) is 17.4. The molecular weight excluding hydrogens is 311 g/mol. The maximum Gasteiger partial charge on any atom is 0.315 e. The molecule has 5 nitrogen and oxygen atoms in total. The van der Waals surface area contributed by atoms with Gasteiger partial charge in [-0.3, -0.25) is 0 Å². The lowest BCUT2D eigenvalue weighted by atomic mass is 10.2. The monoisotopic (exact) mass is 332 g/mol. The molecule has 128 valence electrons. The van der Waals surface area contributed by atoms with Gasteiger partial charge in [-0.15, -0.1) is 0 Å². The summed E-state index contributed by atoms with van der Waals surface area (Å²) in [5, 5.41) is 5.39. The zero-order valence-electron chi connectivity index (χ0n) is 13.8. The van der Waals surface area contributed by atoms with Crippen molar-refractivity contribution in [3.05, 3.63) is 59.4 Å². The van der Waals surface area contributed by atoms with E-state index in [0.717, 1.165) is 11.1 Å². The summed E-state index contributed by atoms with van der Waals surface area (Å²) in [4.78, 5) is 11.7. The predicted octanol–water partition coefficient (Wildman–Crippen LogP) is 3.02. The van der Waals surface area contributed by atoms with Crippen LogP contribution in [0.4, 0.5) is 9.18 Å². The first-order valence-electron chi connectivity index (χ1n) is 7.62. The van der Waals surface area contributed by atoms with E-state index in [1.165, 1.54) is 12.1 Å². The number of benzene rings is 2. The van der Waals surface area contributed by atoms with Crippen molar-refractivity contribution in [3.63, 3.8) is 0 Å². The third-order valence-electron chi connectivity index (χ3n) is 3.33. The summed E-state index contributed by atoms with van der Waals surface area (Å²) in [5.41, 5.74) is 1.91. The molecule has 2 aromatic carbocycles. The molecule has 0 heterocycles. The van der Waals surface area contributed by atoms with Crippen molar-refractivity contribution >= 4 is 6.03 Å². The minimum absolute atomic E-state index is 0.299. The Morgan fingerprint density at radius 3 is 2.54 bits per heavy atom. The number of carbonyl (C=O) groups is 1. The van der Waals surface area contributed by atoms with Crippen LogP contribution in [0.5, 0.6) is 11.5 Å². The van der Waals surface area contributed by atoms with E-state index < -0.39 is 0 Å². The van der Waals surface area contributed by atoms with Crippen LogP contribution in [0.1, 0.15) is 11.1 Å². The highest BCUT2D eigenvalue weighted by Crippen LogP contribution is 2.27. The van der Waals surface area contributed by atoms with Crippen LogP contribution in [0.3, 0.4) is 0 Å². The normalized spacial score (nSPS) is 10.1. The van der Waals surface area contributed by atoms with Gasteiger partial charge in [-0.05, 0) is 42.3 Å². The second kappa shape index (κ2) is 8.76. The zero-order valence-corrected chi connectivity index (χ0v) is 13.8. The third kappa shape index (κ3) is 5.46. The lowest BCUT2D eigenvalue weighted by molar-refractivity contribution is 0.235. The van der Waals surface area contributed by atoms with Crippen molar-refractivity contribution in [2.24, 2.45) is 0 Å². The number of methoxy groups -OCH3 is 1. The fraction of sp³-hybridized carbons (Fsp3) is 0.278. The standard InChI is InChI=1S/C18H21FN2O3/c1-13-3-8-16(17(11-13)23-2)24-10-9-20-18(22)21-12-14-4-6-15(19)7-5-14/h3-8,11H,9-10,12H2,1-2H3,(H2,20,21,22). The van der Waals surface area contributed by atoms with Crippen LogP contribution in [0.2, 0.25) is 0 Å². The highest BCUT2D eigenvalue weighted by molar-refractivity contribution is 5.73. The Morgan fingerprint density at radius 2 is 1.83 bits per heavy atom. The van der Waals surface area contributed by atoms with Crippen molar-refractivity contribution in [2.45, 2.75) is 13.5 Å². The van der Waals surface area contributed by atoms with Crippen molar-refractivity contribution in [1.29, 1.82) is 0 Å². The Morgan fingerprint density at radius 1 is 1.08 bits per heavy atom. The van der Waals surface area contributed by atoms with Crippen molar-refractivity contribution in [3.8, 4) is 11.5 Å². The highest BCUT2D eigenvalue weighted by Gasteiger charge is 2.05. The minimum atomic E-state index is -0.307. The summed E-state index contributed by atoms with van der Waals surface area (Å²) < 4.78 is 23.6. The van der Waals surface area contributed by atoms with E-state index in [2.05, 4.69) is 10.6 Å². The van der Waals surface area contributed by atoms with Crippen LogP contribution >= 0.6 is 0 Å². The van der Waals surface area contributed by atoms with Crippen molar-refractivity contribution < 1.29 is 18.7 Å². The third-order valence-corrected chi connectivity index (χ3v) is 3.33. The van der Waals surface area contributed by atoms with E-state index in [-0.39, 0.29) is 11.8 Å². The average Bonchev–Trinajstić information content (AvgIpc) is 2.59. The van der Waals surface area contributed by atoms with E-state index in [9.17, 15) is 9.18 Å². The number of hydrogen-bond acceptors (Lipinski definition) is 3. The number of hydrogen-bond donors (Lipinski definition) is 2. The topological polar surface area (TPSA) is 59.6 Å². The van der Waals surface area contributed by atoms with Gasteiger partial charge in [-0.2, -0.15) is 0 Å². The summed E-state index contributed by atoms with van der Waals surface area (Å²) in [5.74, 6) is 0.999. The second-order valence-electron chi connectivity index (χ2n) is 5.24. The lowest BCUT2D eigenvalue weighted by Gasteiger charge is -2.12. The quantitative estimate of drug-likeness (QED) is 0.766. The van der Waals surface area contributed by atoms with Gasteiger partial charge in [0.1, 0.15) is 12.4 Å². The van der Waals surface area contributed by atoms with E-state index in [4.69, 9.17) is 9.47 Å². The van der Waals surface area contributed by atoms with Gasteiger partial charge in [0, 0.05) is 6.54 Å². The summed E-state index contributed by atoms with van der Waals surface area (Å²) >= 11 is 0. The van der Waals surface area contributed by atoms with Gasteiger partial charge in [0.2, 0.25) is 0 Å². The van der Waals surface area contributed by atoms with E-state index >= 15 is 0 Å². The summed E-state index contributed by atoms with van der Waals surface area (Å²) in [6.45, 7) is 2.98. The molecule has 2 N–H and O–H groups in total. The summed E-state index contributed by atoms with van der Waals surface area (Å²) in [7, 11) is 1.59. The second-order valence-corrected chi connectivity index (χ2v) is 5.24. The fourth-order valence-electron chi connectivity index (χ4n) is 2.07. The Balaban J connectivity index is 1.68. The largest absolute Gasteiger partial charge is 0.493 e. The Labute approximate surface area is 140 Å². The van der Waals surface area contributed by atoms with Crippen molar-refractivity contribution in [1.82, 2.24) is 10.6 Å². The summed E-state index contributed by atoms with van der Waals surface area (Å²) in [6.07, 6.45) is 0. The number of rotatable bonds is 7. The number of nitrogens with one attached hydrogen (secondary N) is 2. The molecule has 0 aliphatic rings. The molecule has 6 heteroatoms. The van der Waals surface area contributed by atoms with Gasteiger partial charge in [-0.25, -0.2) is 9.18 Å². The number of urea groups is 1. The predicted molar refractivity (Wildman–Crippen MR) is 89.9 cm³/mol. The van der Waals surface area contributed by atoms with Gasteiger partial charge in [-0.1, -0.05) is 18.2 Å².